The second-order valence-electron chi connectivity index (χ2n) is 6.71. The highest BCUT2D eigenvalue weighted by Gasteiger charge is 2.24. The van der Waals surface area contributed by atoms with E-state index in [-0.39, 0.29) is 21.4 Å². The standard InChI is InChI=1S/C20H24ClNO5S/c1-13(2)11-19(14-5-7-15(26-3)8-6-14)22-28(24,25)16-9-10-18(21)17(12-16)20(23)27-4/h5-10,12-13,19,22H,11H2,1-4H3/t19-/m1/s1. The fourth-order valence-electron chi connectivity index (χ4n) is 2.75. The summed E-state index contributed by atoms with van der Waals surface area (Å²) in [5.41, 5.74) is 0.817. The van der Waals surface area contributed by atoms with E-state index in [1.165, 1.54) is 25.3 Å². The molecule has 0 amide bonds. The fourth-order valence-corrected chi connectivity index (χ4v) is 4.21. The van der Waals surface area contributed by atoms with Crippen LogP contribution in [0.15, 0.2) is 47.4 Å². The summed E-state index contributed by atoms with van der Waals surface area (Å²) in [6, 6.07) is 10.7. The van der Waals surface area contributed by atoms with Crippen molar-refractivity contribution in [2.24, 2.45) is 5.92 Å². The molecule has 0 unspecified atom stereocenters. The van der Waals surface area contributed by atoms with Gasteiger partial charge in [0, 0.05) is 6.04 Å². The predicted octanol–water partition coefficient (Wildman–Crippen LogP) is 4.20. The lowest BCUT2D eigenvalue weighted by Gasteiger charge is -2.21. The lowest BCUT2D eigenvalue weighted by molar-refractivity contribution is 0.0600. The quantitative estimate of drug-likeness (QED) is 0.641. The van der Waals surface area contributed by atoms with Crippen LogP contribution in [-0.4, -0.2) is 28.6 Å². The van der Waals surface area contributed by atoms with Crippen molar-refractivity contribution >= 4 is 27.6 Å². The van der Waals surface area contributed by atoms with Gasteiger partial charge in [0.05, 0.1) is 29.7 Å². The summed E-state index contributed by atoms with van der Waals surface area (Å²) in [7, 11) is -1.12. The van der Waals surface area contributed by atoms with Gasteiger partial charge in [-0.25, -0.2) is 17.9 Å². The highest BCUT2D eigenvalue weighted by molar-refractivity contribution is 7.89. The number of rotatable bonds is 8. The van der Waals surface area contributed by atoms with Crippen molar-refractivity contribution in [3.63, 3.8) is 0 Å². The Bertz CT molecular complexity index is 926. The average molecular weight is 426 g/mol. The third-order valence-electron chi connectivity index (χ3n) is 4.18. The molecule has 0 radical (unpaired) electrons. The molecule has 28 heavy (non-hydrogen) atoms. The largest absolute Gasteiger partial charge is 0.497 e. The van der Waals surface area contributed by atoms with Crippen molar-refractivity contribution < 1.29 is 22.7 Å². The van der Waals surface area contributed by atoms with Crippen LogP contribution in [0.25, 0.3) is 0 Å². The minimum Gasteiger partial charge on any atom is -0.497 e. The second kappa shape index (κ2) is 9.41. The number of ether oxygens (including phenoxy) is 2. The number of carbonyl (C=O) groups excluding carboxylic acids is 1. The Hall–Kier alpha value is -2.09. The van der Waals surface area contributed by atoms with Crippen molar-refractivity contribution in [2.75, 3.05) is 14.2 Å². The summed E-state index contributed by atoms with van der Waals surface area (Å²) < 4.78 is 38.5. The molecule has 0 saturated carbocycles. The van der Waals surface area contributed by atoms with Gasteiger partial charge in [0.25, 0.3) is 0 Å². The summed E-state index contributed by atoms with van der Waals surface area (Å²) in [4.78, 5) is 11.8. The minimum absolute atomic E-state index is 0.00287. The maximum absolute atomic E-state index is 13.0. The van der Waals surface area contributed by atoms with E-state index in [1.807, 2.05) is 26.0 Å². The third-order valence-corrected chi connectivity index (χ3v) is 5.98. The molecule has 0 aliphatic carbocycles. The van der Waals surface area contributed by atoms with Crippen molar-refractivity contribution in [2.45, 2.75) is 31.2 Å². The predicted molar refractivity (Wildman–Crippen MR) is 108 cm³/mol. The summed E-state index contributed by atoms with van der Waals surface area (Å²) in [6.07, 6.45) is 0.600. The Balaban J connectivity index is 2.38. The Labute approximate surface area is 170 Å². The number of esters is 1. The van der Waals surface area contributed by atoms with Gasteiger partial charge in [-0.2, -0.15) is 0 Å². The summed E-state index contributed by atoms with van der Waals surface area (Å²) in [5.74, 6) is 0.247. The second-order valence-corrected chi connectivity index (χ2v) is 8.83. The normalized spacial score (nSPS) is 12.6. The van der Waals surface area contributed by atoms with Gasteiger partial charge in [-0.15, -0.1) is 0 Å². The molecule has 0 heterocycles. The molecule has 0 fully saturated rings. The lowest BCUT2D eigenvalue weighted by atomic mass is 9.98. The smallest absolute Gasteiger partial charge is 0.339 e. The molecule has 1 atom stereocenters. The van der Waals surface area contributed by atoms with E-state index in [0.717, 1.165) is 5.56 Å². The number of halogens is 1. The van der Waals surface area contributed by atoms with Crippen LogP contribution >= 0.6 is 11.6 Å². The zero-order valence-corrected chi connectivity index (χ0v) is 17.8. The van der Waals surface area contributed by atoms with Gasteiger partial charge in [-0.05, 0) is 48.2 Å². The molecule has 0 spiro atoms. The molecule has 0 saturated heterocycles. The number of benzene rings is 2. The van der Waals surface area contributed by atoms with E-state index >= 15 is 0 Å². The number of nitrogens with one attached hydrogen (secondary N) is 1. The third kappa shape index (κ3) is 5.47. The maximum atomic E-state index is 13.0. The summed E-state index contributed by atoms with van der Waals surface area (Å²) in [6.45, 7) is 4.03. The zero-order valence-electron chi connectivity index (χ0n) is 16.2. The zero-order chi connectivity index (χ0) is 20.9. The summed E-state index contributed by atoms with van der Waals surface area (Å²) >= 11 is 5.99. The van der Waals surface area contributed by atoms with E-state index in [2.05, 4.69) is 9.46 Å². The Morgan fingerprint density at radius 2 is 1.75 bits per heavy atom. The molecule has 0 aromatic heterocycles. The van der Waals surface area contributed by atoms with Crippen LogP contribution in [-0.2, 0) is 14.8 Å². The van der Waals surface area contributed by atoms with Gasteiger partial charge in [-0.1, -0.05) is 37.6 Å². The van der Waals surface area contributed by atoms with E-state index in [1.54, 1.807) is 19.2 Å². The lowest BCUT2D eigenvalue weighted by Crippen LogP contribution is -2.30. The van der Waals surface area contributed by atoms with Crippen molar-refractivity contribution in [1.29, 1.82) is 0 Å². The van der Waals surface area contributed by atoms with Crippen LogP contribution in [0.1, 0.15) is 42.2 Å². The molecule has 2 aromatic carbocycles. The monoisotopic (exact) mass is 425 g/mol. The van der Waals surface area contributed by atoms with Crippen LogP contribution in [0.4, 0.5) is 0 Å². The molecule has 1 N–H and O–H groups in total. The first kappa shape index (κ1) is 22.2. The number of carbonyl (C=O) groups is 1. The van der Waals surface area contributed by atoms with Gasteiger partial charge in [0.15, 0.2) is 0 Å². The Morgan fingerprint density at radius 3 is 2.29 bits per heavy atom. The van der Waals surface area contributed by atoms with Gasteiger partial charge in [-0.3, -0.25) is 0 Å². The van der Waals surface area contributed by atoms with Gasteiger partial charge < -0.3 is 9.47 Å². The van der Waals surface area contributed by atoms with Crippen LogP contribution < -0.4 is 9.46 Å². The molecule has 8 heteroatoms. The topological polar surface area (TPSA) is 81.7 Å². The number of methoxy groups -OCH3 is 2. The first-order valence-corrected chi connectivity index (χ1v) is 10.6. The van der Waals surface area contributed by atoms with Crippen molar-refractivity contribution in [3.8, 4) is 5.75 Å². The number of hydrogen-bond acceptors (Lipinski definition) is 5. The molecule has 0 aliphatic heterocycles. The Morgan fingerprint density at radius 1 is 1.11 bits per heavy atom. The van der Waals surface area contributed by atoms with Crippen LogP contribution in [0, 0.1) is 5.92 Å². The summed E-state index contributed by atoms with van der Waals surface area (Å²) in [5, 5.41) is 0.125. The number of hydrogen-bond donors (Lipinski definition) is 1. The fraction of sp³-hybridized carbons (Fsp3) is 0.350. The molecule has 2 rings (SSSR count). The molecular formula is C20H24ClNO5S. The van der Waals surface area contributed by atoms with Gasteiger partial charge in [0.2, 0.25) is 10.0 Å². The van der Waals surface area contributed by atoms with Crippen molar-refractivity contribution in [1.82, 2.24) is 4.72 Å². The van der Waals surface area contributed by atoms with Crippen LogP contribution in [0.5, 0.6) is 5.75 Å². The molecule has 0 aliphatic rings. The van der Waals surface area contributed by atoms with E-state index in [9.17, 15) is 13.2 Å². The first-order chi connectivity index (χ1) is 13.2. The van der Waals surface area contributed by atoms with Gasteiger partial charge in [0.1, 0.15) is 5.75 Å². The molecule has 6 nitrogen and oxygen atoms in total. The molecule has 2 aromatic rings. The Kier molecular flexibility index (Phi) is 7.46. The molecule has 152 valence electrons. The SMILES string of the molecule is COC(=O)c1cc(S(=O)(=O)N[C@H](CC(C)C)c2ccc(OC)cc2)ccc1Cl. The van der Waals surface area contributed by atoms with E-state index in [4.69, 9.17) is 16.3 Å². The van der Waals surface area contributed by atoms with E-state index < -0.39 is 22.0 Å². The van der Waals surface area contributed by atoms with Crippen molar-refractivity contribution in [3.05, 3.63) is 58.6 Å². The first-order valence-electron chi connectivity index (χ1n) is 8.72. The average Bonchev–Trinajstić information content (AvgIpc) is 2.66. The van der Waals surface area contributed by atoms with E-state index in [0.29, 0.717) is 12.2 Å². The molecule has 0 bridgehead atoms. The van der Waals surface area contributed by atoms with Crippen LogP contribution in [0.3, 0.4) is 0 Å². The minimum atomic E-state index is -3.90. The maximum Gasteiger partial charge on any atom is 0.339 e. The highest BCUT2D eigenvalue weighted by Crippen LogP contribution is 2.27. The highest BCUT2D eigenvalue weighted by atomic mass is 35.5. The molecular weight excluding hydrogens is 402 g/mol. The number of sulfonamides is 1. The van der Waals surface area contributed by atoms with Crippen LogP contribution in [0.2, 0.25) is 5.02 Å². The van der Waals surface area contributed by atoms with Gasteiger partial charge >= 0.3 is 5.97 Å².